The average Bonchev–Trinajstić information content (AvgIpc) is 3.34. The number of hydrogen-bond acceptors (Lipinski definition) is 3. The Kier molecular flexibility index (Phi) is 5.10. The second-order valence-electron chi connectivity index (χ2n) is 7.15. The number of halogens is 1. The average molecular weight is 378 g/mol. The van der Waals surface area contributed by atoms with Crippen LogP contribution in [0.1, 0.15) is 22.5 Å². The van der Waals surface area contributed by atoms with Gasteiger partial charge in [0.05, 0.1) is 17.5 Å². The van der Waals surface area contributed by atoms with Gasteiger partial charge in [-0.3, -0.25) is 4.79 Å². The number of nitrogens with one attached hydrogen (secondary N) is 1. The summed E-state index contributed by atoms with van der Waals surface area (Å²) in [7, 11) is 0. The number of rotatable bonds is 5. The Balaban J connectivity index is 1.38. The van der Waals surface area contributed by atoms with Crippen LogP contribution >= 0.6 is 0 Å². The standard InChI is InChI=1S/C22H23FN4O/c1-16-19(14-25-27(16)21-10-6-5-9-20(21)23)22(28)24-13-17-11-12-26(15-17)18-7-3-2-4-8-18/h2-10,14,17H,11-13,15H2,1H3,(H,24,28). The van der Waals surface area contributed by atoms with E-state index in [1.807, 2.05) is 18.2 Å². The number of anilines is 1. The van der Waals surface area contributed by atoms with E-state index in [2.05, 4.69) is 27.4 Å². The van der Waals surface area contributed by atoms with Crippen molar-refractivity contribution in [2.45, 2.75) is 13.3 Å². The van der Waals surface area contributed by atoms with Crippen LogP contribution in [0.25, 0.3) is 5.69 Å². The quantitative estimate of drug-likeness (QED) is 0.738. The molecule has 1 atom stereocenters. The molecule has 3 aromatic rings. The van der Waals surface area contributed by atoms with E-state index in [0.29, 0.717) is 29.4 Å². The van der Waals surface area contributed by atoms with E-state index < -0.39 is 0 Å². The van der Waals surface area contributed by atoms with Crippen LogP contribution in [-0.4, -0.2) is 35.3 Å². The van der Waals surface area contributed by atoms with E-state index in [0.717, 1.165) is 19.5 Å². The van der Waals surface area contributed by atoms with Crippen LogP contribution in [0.15, 0.2) is 60.8 Å². The van der Waals surface area contributed by atoms with Crippen LogP contribution < -0.4 is 10.2 Å². The van der Waals surface area contributed by atoms with Gasteiger partial charge in [-0.2, -0.15) is 5.10 Å². The van der Waals surface area contributed by atoms with Crippen molar-refractivity contribution < 1.29 is 9.18 Å². The molecule has 28 heavy (non-hydrogen) atoms. The summed E-state index contributed by atoms with van der Waals surface area (Å²) in [6.45, 7) is 4.32. The highest BCUT2D eigenvalue weighted by molar-refractivity contribution is 5.95. The third-order valence-corrected chi connectivity index (χ3v) is 5.29. The van der Waals surface area contributed by atoms with Crippen molar-refractivity contribution in [1.82, 2.24) is 15.1 Å². The lowest BCUT2D eigenvalue weighted by Crippen LogP contribution is -2.31. The van der Waals surface area contributed by atoms with Crippen molar-refractivity contribution in [3.63, 3.8) is 0 Å². The molecule has 1 aliphatic heterocycles. The molecule has 2 heterocycles. The van der Waals surface area contributed by atoms with Gasteiger partial charge >= 0.3 is 0 Å². The van der Waals surface area contributed by atoms with Crippen LogP contribution in [0.2, 0.25) is 0 Å². The number of nitrogens with zero attached hydrogens (tertiary/aromatic N) is 3. The van der Waals surface area contributed by atoms with E-state index in [4.69, 9.17) is 0 Å². The first-order chi connectivity index (χ1) is 13.6. The third-order valence-electron chi connectivity index (χ3n) is 5.29. The topological polar surface area (TPSA) is 50.2 Å². The zero-order valence-corrected chi connectivity index (χ0v) is 15.8. The number of aromatic nitrogens is 2. The zero-order chi connectivity index (χ0) is 19.5. The number of amides is 1. The molecule has 4 rings (SSSR count). The van der Waals surface area contributed by atoms with E-state index in [9.17, 15) is 9.18 Å². The number of hydrogen-bond donors (Lipinski definition) is 1. The van der Waals surface area contributed by atoms with E-state index >= 15 is 0 Å². The van der Waals surface area contributed by atoms with Crippen molar-refractivity contribution in [3.05, 3.63) is 77.9 Å². The van der Waals surface area contributed by atoms with Gasteiger partial charge in [0.2, 0.25) is 0 Å². The number of carbonyl (C=O) groups excluding carboxylic acids is 1. The molecule has 144 valence electrons. The molecule has 1 N–H and O–H groups in total. The molecule has 1 fully saturated rings. The van der Waals surface area contributed by atoms with Crippen molar-refractivity contribution in [1.29, 1.82) is 0 Å². The van der Waals surface area contributed by atoms with Crippen molar-refractivity contribution in [3.8, 4) is 5.69 Å². The molecule has 0 saturated carbocycles. The van der Waals surface area contributed by atoms with Gasteiger partial charge in [-0.25, -0.2) is 9.07 Å². The molecule has 2 aromatic carbocycles. The lowest BCUT2D eigenvalue weighted by molar-refractivity contribution is 0.0947. The first-order valence-corrected chi connectivity index (χ1v) is 9.51. The first kappa shape index (κ1) is 18.2. The van der Waals surface area contributed by atoms with E-state index in [-0.39, 0.29) is 11.7 Å². The maximum Gasteiger partial charge on any atom is 0.254 e. The molecule has 1 aliphatic rings. The molecule has 0 radical (unpaired) electrons. The largest absolute Gasteiger partial charge is 0.371 e. The minimum Gasteiger partial charge on any atom is -0.371 e. The summed E-state index contributed by atoms with van der Waals surface area (Å²) in [5.41, 5.74) is 2.66. The lowest BCUT2D eigenvalue weighted by atomic mass is 10.1. The summed E-state index contributed by atoms with van der Waals surface area (Å²) >= 11 is 0. The molecule has 1 unspecified atom stereocenters. The monoisotopic (exact) mass is 378 g/mol. The molecule has 0 spiro atoms. The maximum absolute atomic E-state index is 14.0. The van der Waals surface area contributed by atoms with E-state index in [1.54, 1.807) is 25.1 Å². The van der Waals surface area contributed by atoms with Crippen LogP contribution in [0.4, 0.5) is 10.1 Å². The Morgan fingerprint density at radius 2 is 1.93 bits per heavy atom. The second kappa shape index (κ2) is 7.84. The van der Waals surface area contributed by atoms with Gasteiger partial charge < -0.3 is 10.2 Å². The predicted octanol–water partition coefficient (Wildman–Crippen LogP) is 3.58. The van der Waals surface area contributed by atoms with Crippen LogP contribution in [0, 0.1) is 18.7 Å². The minimum atomic E-state index is -0.368. The smallest absolute Gasteiger partial charge is 0.254 e. The third kappa shape index (κ3) is 3.63. The first-order valence-electron chi connectivity index (χ1n) is 9.51. The zero-order valence-electron chi connectivity index (χ0n) is 15.8. The molecule has 0 aliphatic carbocycles. The van der Waals surface area contributed by atoms with Crippen LogP contribution in [-0.2, 0) is 0 Å². The fraction of sp³-hybridized carbons (Fsp3) is 0.273. The van der Waals surface area contributed by atoms with E-state index in [1.165, 1.54) is 22.6 Å². The van der Waals surface area contributed by atoms with Gasteiger partial charge in [-0.1, -0.05) is 30.3 Å². The number of carbonyl (C=O) groups is 1. The summed E-state index contributed by atoms with van der Waals surface area (Å²) in [5, 5.41) is 7.23. The Bertz CT molecular complexity index is 970. The highest BCUT2D eigenvalue weighted by atomic mass is 19.1. The van der Waals surface area contributed by atoms with Gasteiger partial charge in [0.25, 0.3) is 5.91 Å². The van der Waals surface area contributed by atoms with Gasteiger partial charge in [0.15, 0.2) is 0 Å². The Morgan fingerprint density at radius 1 is 1.18 bits per heavy atom. The Morgan fingerprint density at radius 3 is 2.71 bits per heavy atom. The Hall–Kier alpha value is -3.15. The molecule has 6 heteroatoms. The maximum atomic E-state index is 14.0. The summed E-state index contributed by atoms with van der Waals surface area (Å²) in [6.07, 6.45) is 2.55. The lowest BCUT2D eigenvalue weighted by Gasteiger charge is -2.18. The van der Waals surface area contributed by atoms with Gasteiger partial charge in [-0.05, 0) is 43.5 Å². The predicted molar refractivity (Wildman–Crippen MR) is 107 cm³/mol. The Labute approximate surface area is 163 Å². The number of benzene rings is 2. The molecular weight excluding hydrogens is 355 g/mol. The van der Waals surface area contributed by atoms with Gasteiger partial charge in [-0.15, -0.1) is 0 Å². The fourth-order valence-corrected chi connectivity index (χ4v) is 3.70. The van der Waals surface area contributed by atoms with Crippen molar-refractivity contribution >= 4 is 11.6 Å². The normalized spacial score (nSPS) is 16.4. The second-order valence-corrected chi connectivity index (χ2v) is 7.15. The molecule has 0 bridgehead atoms. The minimum absolute atomic E-state index is 0.168. The highest BCUT2D eigenvalue weighted by Crippen LogP contribution is 2.23. The van der Waals surface area contributed by atoms with Crippen molar-refractivity contribution in [2.75, 3.05) is 24.5 Å². The highest BCUT2D eigenvalue weighted by Gasteiger charge is 2.24. The summed E-state index contributed by atoms with van der Waals surface area (Å²) in [4.78, 5) is 15.0. The molecule has 1 amide bonds. The molecule has 1 aromatic heterocycles. The van der Waals surface area contributed by atoms with Crippen LogP contribution in [0.3, 0.4) is 0 Å². The van der Waals surface area contributed by atoms with Crippen molar-refractivity contribution in [2.24, 2.45) is 5.92 Å². The SMILES string of the molecule is Cc1c(C(=O)NCC2CCN(c3ccccc3)C2)cnn1-c1ccccc1F. The molecule has 5 nitrogen and oxygen atoms in total. The van der Waals surface area contributed by atoms with Gasteiger partial charge in [0.1, 0.15) is 11.5 Å². The van der Waals surface area contributed by atoms with Gasteiger partial charge in [0, 0.05) is 25.3 Å². The summed E-state index contributed by atoms with van der Waals surface area (Å²) < 4.78 is 15.5. The molecular formula is C22H23FN4O. The fourth-order valence-electron chi connectivity index (χ4n) is 3.70. The number of para-hydroxylation sites is 2. The van der Waals surface area contributed by atoms with Crippen LogP contribution in [0.5, 0.6) is 0 Å². The summed E-state index contributed by atoms with van der Waals surface area (Å²) in [6, 6.07) is 16.7. The molecule has 1 saturated heterocycles. The summed E-state index contributed by atoms with van der Waals surface area (Å²) in [5.74, 6) is -0.128.